The van der Waals surface area contributed by atoms with Crippen molar-refractivity contribution in [3.63, 3.8) is 0 Å². The second kappa shape index (κ2) is 7.94. The van der Waals surface area contributed by atoms with E-state index in [9.17, 15) is 0 Å². The topological polar surface area (TPSA) is 18.5 Å². The average molecular weight is 296 g/mol. The zero-order valence-electron chi connectivity index (χ0n) is 14.8. The van der Waals surface area contributed by atoms with Gasteiger partial charge in [0, 0.05) is 43.8 Å². The van der Waals surface area contributed by atoms with Crippen LogP contribution in [-0.2, 0) is 0 Å². The van der Waals surface area contributed by atoms with Crippen LogP contribution >= 0.6 is 0 Å². The Labute approximate surface area is 132 Å². The van der Waals surface area contributed by atoms with Crippen LogP contribution in [0.25, 0.3) is 0 Å². The quantitative estimate of drug-likeness (QED) is 0.804. The number of hydrogen-bond donors (Lipinski definition) is 1. The first-order valence-corrected chi connectivity index (χ1v) is 9.25. The summed E-state index contributed by atoms with van der Waals surface area (Å²) in [4.78, 5) is 5.44. The molecule has 2 aliphatic rings. The maximum atomic E-state index is 3.84. The van der Waals surface area contributed by atoms with E-state index in [1.165, 1.54) is 71.2 Å². The summed E-state index contributed by atoms with van der Waals surface area (Å²) in [6, 6.07) is 1.51. The van der Waals surface area contributed by atoms with E-state index in [0.717, 1.165) is 12.1 Å². The van der Waals surface area contributed by atoms with Gasteiger partial charge in [0.05, 0.1) is 0 Å². The van der Waals surface area contributed by atoms with Gasteiger partial charge in [-0.25, -0.2) is 0 Å². The number of piperazine rings is 1. The molecule has 21 heavy (non-hydrogen) atoms. The third-order valence-corrected chi connectivity index (χ3v) is 5.37. The molecule has 3 heteroatoms. The minimum absolute atomic E-state index is 0.329. The lowest BCUT2D eigenvalue weighted by atomic mass is 9.98. The highest BCUT2D eigenvalue weighted by molar-refractivity contribution is 4.91. The fourth-order valence-electron chi connectivity index (χ4n) is 4.02. The van der Waals surface area contributed by atoms with Crippen molar-refractivity contribution in [2.24, 2.45) is 0 Å². The van der Waals surface area contributed by atoms with Crippen LogP contribution < -0.4 is 5.32 Å². The highest BCUT2D eigenvalue weighted by Gasteiger charge is 2.32. The summed E-state index contributed by atoms with van der Waals surface area (Å²) >= 11 is 0. The highest BCUT2D eigenvalue weighted by atomic mass is 15.3. The summed E-state index contributed by atoms with van der Waals surface area (Å²) in [6.07, 6.45) is 8.30. The lowest BCUT2D eigenvalue weighted by Crippen LogP contribution is -2.59. The van der Waals surface area contributed by atoms with Crippen LogP contribution in [0.3, 0.4) is 0 Å². The Hall–Kier alpha value is -0.120. The molecule has 0 amide bonds. The molecule has 2 rings (SSSR count). The first-order chi connectivity index (χ1) is 10.0. The smallest absolute Gasteiger partial charge is 0.0250 e. The van der Waals surface area contributed by atoms with Gasteiger partial charge in [0.1, 0.15) is 0 Å². The number of nitrogens with one attached hydrogen (secondary N) is 1. The lowest BCUT2D eigenvalue weighted by molar-refractivity contribution is 0.0308. The first kappa shape index (κ1) is 17.2. The largest absolute Gasteiger partial charge is 0.312 e. The van der Waals surface area contributed by atoms with Gasteiger partial charge in [-0.3, -0.25) is 9.80 Å². The van der Waals surface area contributed by atoms with Crippen molar-refractivity contribution in [2.75, 3.05) is 32.7 Å². The van der Waals surface area contributed by atoms with Crippen LogP contribution in [0.2, 0.25) is 0 Å². The highest BCUT2D eigenvalue weighted by Crippen LogP contribution is 2.25. The zero-order chi connectivity index (χ0) is 15.3. The zero-order valence-corrected chi connectivity index (χ0v) is 14.8. The van der Waals surface area contributed by atoms with Gasteiger partial charge in [-0.2, -0.15) is 0 Å². The van der Waals surface area contributed by atoms with E-state index in [1.54, 1.807) is 0 Å². The fraction of sp³-hybridized carbons (Fsp3) is 1.00. The van der Waals surface area contributed by atoms with Gasteiger partial charge in [0.25, 0.3) is 0 Å². The Morgan fingerprint density at radius 3 is 2.24 bits per heavy atom. The van der Waals surface area contributed by atoms with Gasteiger partial charge in [-0.1, -0.05) is 26.2 Å². The van der Waals surface area contributed by atoms with E-state index in [-0.39, 0.29) is 0 Å². The van der Waals surface area contributed by atoms with Gasteiger partial charge in [0.15, 0.2) is 0 Å². The van der Waals surface area contributed by atoms with Gasteiger partial charge < -0.3 is 5.32 Å². The molecule has 1 saturated carbocycles. The first-order valence-electron chi connectivity index (χ1n) is 9.25. The molecular weight excluding hydrogens is 258 g/mol. The monoisotopic (exact) mass is 295 g/mol. The van der Waals surface area contributed by atoms with Crippen LogP contribution in [0.5, 0.6) is 0 Å². The second-order valence-electron chi connectivity index (χ2n) is 7.96. The fourth-order valence-corrected chi connectivity index (χ4v) is 4.02. The van der Waals surface area contributed by atoms with Crippen molar-refractivity contribution in [1.29, 1.82) is 0 Å². The maximum Gasteiger partial charge on any atom is 0.0250 e. The van der Waals surface area contributed by atoms with Crippen LogP contribution in [0.15, 0.2) is 0 Å². The summed E-state index contributed by atoms with van der Waals surface area (Å²) in [5, 5.41) is 3.84. The number of rotatable bonds is 4. The van der Waals surface area contributed by atoms with Crippen molar-refractivity contribution in [1.82, 2.24) is 15.1 Å². The van der Waals surface area contributed by atoms with E-state index in [4.69, 9.17) is 0 Å². The molecule has 0 aromatic rings. The van der Waals surface area contributed by atoms with E-state index >= 15 is 0 Å². The average Bonchev–Trinajstić information content (AvgIpc) is 2.69. The molecule has 1 aliphatic heterocycles. The molecule has 2 fully saturated rings. The Morgan fingerprint density at radius 1 is 0.952 bits per heavy atom. The van der Waals surface area contributed by atoms with E-state index in [1.807, 2.05) is 0 Å². The molecule has 1 N–H and O–H groups in total. The van der Waals surface area contributed by atoms with Crippen LogP contribution in [0, 0.1) is 0 Å². The van der Waals surface area contributed by atoms with Gasteiger partial charge in [-0.05, 0) is 46.6 Å². The van der Waals surface area contributed by atoms with Crippen LogP contribution in [-0.4, -0.2) is 60.1 Å². The molecule has 1 aliphatic carbocycles. The third kappa shape index (κ3) is 4.94. The molecular formula is C18H37N3. The van der Waals surface area contributed by atoms with E-state index < -0.39 is 0 Å². The minimum Gasteiger partial charge on any atom is -0.312 e. The SMILES string of the molecule is CCCNC1CCCCCC1N1CCN(C(C)(C)C)CC1. The molecule has 1 saturated heterocycles. The molecule has 124 valence electrons. The number of hydrogen-bond acceptors (Lipinski definition) is 3. The molecule has 2 atom stereocenters. The third-order valence-electron chi connectivity index (χ3n) is 5.37. The molecule has 2 unspecified atom stereocenters. The molecule has 0 aromatic carbocycles. The summed E-state index contributed by atoms with van der Waals surface area (Å²) in [7, 11) is 0. The van der Waals surface area contributed by atoms with Crippen molar-refractivity contribution in [3.8, 4) is 0 Å². The van der Waals surface area contributed by atoms with E-state index in [0.29, 0.717) is 5.54 Å². The standard InChI is InChI=1S/C18H37N3/c1-5-11-19-16-9-7-6-8-10-17(16)20-12-14-21(15-13-20)18(2,3)4/h16-17,19H,5-15H2,1-4H3. The minimum atomic E-state index is 0.329. The maximum absolute atomic E-state index is 3.84. The molecule has 0 bridgehead atoms. The molecule has 3 nitrogen and oxygen atoms in total. The van der Waals surface area contributed by atoms with Gasteiger partial charge in [-0.15, -0.1) is 0 Å². The van der Waals surface area contributed by atoms with Gasteiger partial charge in [0.2, 0.25) is 0 Å². The van der Waals surface area contributed by atoms with Crippen molar-refractivity contribution < 1.29 is 0 Å². The second-order valence-corrected chi connectivity index (χ2v) is 7.96. The molecule has 1 heterocycles. The summed E-state index contributed by atoms with van der Waals surface area (Å²) in [5.74, 6) is 0. The molecule has 0 aromatic heterocycles. The molecule has 0 spiro atoms. The summed E-state index contributed by atoms with van der Waals surface area (Å²) in [5.41, 5.74) is 0.329. The van der Waals surface area contributed by atoms with Crippen molar-refractivity contribution >= 4 is 0 Å². The molecule has 0 radical (unpaired) electrons. The number of nitrogens with zero attached hydrogens (tertiary/aromatic N) is 2. The normalized spacial score (nSPS) is 30.3. The Morgan fingerprint density at radius 2 is 1.62 bits per heavy atom. The predicted octanol–water partition coefficient (Wildman–Crippen LogP) is 3.10. The Kier molecular flexibility index (Phi) is 6.51. The Bertz CT molecular complexity index is 289. The Balaban J connectivity index is 1.91. The van der Waals surface area contributed by atoms with Crippen molar-refractivity contribution in [3.05, 3.63) is 0 Å². The van der Waals surface area contributed by atoms with Crippen molar-refractivity contribution in [2.45, 2.75) is 83.8 Å². The van der Waals surface area contributed by atoms with Crippen LogP contribution in [0.4, 0.5) is 0 Å². The summed E-state index contributed by atoms with van der Waals surface area (Å²) in [6.45, 7) is 15.5. The predicted molar refractivity (Wildman–Crippen MR) is 91.9 cm³/mol. The van der Waals surface area contributed by atoms with Crippen LogP contribution in [0.1, 0.15) is 66.2 Å². The lowest BCUT2D eigenvalue weighted by Gasteiger charge is -2.46. The van der Waals surface area contributed by atoms with Gasteiger partial charge >= 0.3 is 0 Å². The summed E-state index contributed by atoms with van der Waals surface area (Å²) < 4.78 is 0. The van der Waals surface area contributed by atoms with E-state index in [2.05, 4.69) is 42.8 Å².